The fourth-order valence-corrected chi connectivity index (χ4v) is 3.44. The van der Waals surface area contributed by atoms with Crippen LogP contribution in [0.5, 0.6) is 5.75 Å². The fourth-order valence-electron chi connectivity index (χ4n) is 2.64. The molecule has 0 atom stereocenters. The molecule has 0 unspecified atom stereocenters. The van der Waals surface area contributed by atoms with Gasteiger partial charge in [-0.15, -0.1) is 11.8 Å². The van der Waals surface area contributed by atoms with Crippen molar-refractivity contribution < 1.29 is 14.3 Å². The van der Waals surface area contributed by atoms with Crippen molar-refractivity contribution in [2.75, 3.05) is 38.6 Å². The van der Waals surface area contributed by atoms with Crippen molar-refractivity contribution in [3.63, 3.8) is 0 Å². The molecule has 0 saturated carbocycles. The Morgan fingerprint density at radius 1 is 1.29 bits per heavy atom. The molecule has 1 aliphatic rings. The molecule has 1 aromatic rings. The molecule has 1 aliphatic heterocycles. The lowest BCUT2D eigenvalue weighted by Crippen LogP contribution is -2.41. The lowest BCUT2D eigenvalue weighted by atomic mass is 10.1. The normalized spacial score (nSPS) is 15.5. The van der Waals surface area contributed by atoms with Crippen LogP contribution in [-0.2, 0) is 9.53 Å². The summed E-state index contributed by atoms with van der Waals surface area (Å²) in [4.78, 5) is 15.4. The first-order chi connectivity index (χ1) is 11.7. The van der Waals surface area contributed by atoms with Gasteiger partial charge in [-0.25, -0.2) is 0 Å². The van der Waals surface area contributed by atoms with Crippen LogP contribution in [0.2, 0.25) is 0 Å². The maximum atomic E-state index is 12.3. The van der Waals surface area contributed by atoms with Crippen molar-refractivity contribution in [2.45, 2.75) is 37.2 Å². The molecule has 0 aromatic heterocycles. The van der Waals surface area contributed by atoms with E-state index in [1.165, 1.54) is 0 Å². The number of piperidine rings is 1. The average molecular weight is 353 g/mol. The van der Waals surface area contributed by atoms with E-state index in [-0.39, 0.29) is 12.0 Å². The summed E-state index contributed by atoms with van der Waals surface area (Å²) in [6.07, 6.45) is 3.02. The first-order valence-corrected chi connectivity index (χ1v) is 9.66. The lowest BCUT2D eigenvalue weighted by Gasteiger charge is -2.32. The molecule has 6 heteroatoms. The third-order valence-corrected chi connectivity index (χ3v) is 4.99. The molecule has 0 spiro atoms. The summed E-state index contributed by atoms with van der Waals surface area (Å²) < 4.78 is 11.2. The Labute approximate surface area is 148 Å². The van der Waals surface area contributed by atoms with Gasteiger partial charge in [0.05, 0.1) is 18.5 Å². The van der Waals surface area contributed by atoms with Crippen LogP contribution in [0.3, 0.4) is 0 Å². The number of amides is 1. The third-order valence-electron chi connectivity index (χ3n) is 3.99. The minimum atomic E-state index is 0.203. The summed E-state index contributed by atoms with van der Waals surface area (Å²) in [7, 11) is 0. The Bertz CT molecular complexity index is 488. The van der Waals surface area contributed by atoms with Gasteiger partial charge in [0.25, 0.3) is 0 Å². The zero-order valence-electron chi connectivity index (χ0n) is 14.4. The SMILES string of the molecule is CCOc1ccc(SCC(=O)N2CCC(OCCCN)CC2)cc1. The number of hydrogen-bond donors (Lipinski definition) is 1. The van der Waals surface area contributed by atoms with Gasteiger partial charge in [0.1, 0.15) is 5.75 Å². The van der Waals surface area contributed by atoms with Crippen molar-refractivity contribution in [1.29, 1.82) is 0 Å². The standard InChI is InChI=1S/C18H28N2O3S/c1-2-22-15-4-6-17(7-5-15)24-14-18(21)20-11-8-16(9-12-20)23-13-3-10-19/h4-7,16H,2-3,8-14,19H2,1H3. The number of rotatable bonds is 9. The number of ether oxygens (including phenoxy) is 2. The number of likely N-dealkylation sites (tertiary alicyclic amines) is 1. The molecule has 1 aromatic carbocycles. The third kappa shape index (κ3) is 6.34. The minimum absolute atomic E-state index is 0.203. The Kier molecular flexibility index (Phi) is 8.42. The molecular weight excluding hydrogens is 324 g/mol. The van der Waals surface area contributed by atoms with E-state index >= 15 is 0 Å². The zero-order valence-corrected chi connectivity index (χ0v) is 15.2. The van der Waals surface area contributed by atoms with Gasteiger partial charge < -0.3 is 20.1 Å². The summed E-state index contributed by atoms with van der Waals surface area (Å²) in [6, 6.07) is 7.89. The van der Waals surface area contributed by atoms with E-state index in [1.54, 1.807) is 11.8 Å². The highest BCUT2D eigenvalue weighted by atomic mass is 32.2. The number of carbonyl (C=O) groups is 1. The number of thioether (sulfide) groups is 1. The number of benzene rings is 1. The molecule has 134 valence electrons. The Hall–Kier alpha value is -1.24. The smallest absolute Gasteiger partial charge is 0.232 e. The largest absolute Gasteiger partial charge is 0.494 e. The second-order valence-corrected chi connectivity index (χ2v) is 6.84. The van der Waals surface area contributed by atoms with Crippen LogP contribution in [-0.4, -0.2) is 55.5 Å². The average Bonchev–Trinajstić information content (AvgIpc) is 2.62. The minimum Gasteiger partial charge on any atom is -0.494 e. The number of hydrogen-bond acceptors (Lipinski definition) is 5. The van der Waals surface area contributed by atoms with Crippen LogP contribution < -0.4 is 10.5 Å². The van der Waals surface area contributed by atoms with Crippen molar-refractivity contribution in [3.8, 4) is 5.75 Å². The van der Waals surface area contributed by atoms with Crippen LogP contribution in [0, 0.1) is 0 Å². The van der Waals surface area contributed by atoms with E-state index < -0.39 is 0 Å². The molecule has 1 saturated heterocycles. The van der Waals surface area contributed by atoms with Gasteiger partial charge in [-0.3, -0.25) is 4.79 Å². The van der Waals surface area contributed by atoms with Crippen LogP contribution >= 0.6 is 11.8 Å². The van der Waals surface area contributed by atoms with Gasteiger partial charge in [0.2, 0.25) is 5.91 Å². The number of nitrogens with two attached hydrogens (primary N) is 1. The highest BCUT2D eigenvalue weighted by Crippen LogP contribution is 2.23. The van der Waals surface area contributed by atoms with Gasteiger partial charge in [-0.2, -0.15) is 0 Å². The summed E-state index contributed by atoms with van der Waals surface area (Å²) in [6.45, 7) is 5.60. The second-order valence-electron chi connectivity index (χ2n) is 5.79. The first-order valence-electron chi connectivity index (χ1n) is 8.68. The van der Waals surface area contributed by atoms with Crippen molar-refractivity contribution in [1.82, 2.24) is 4.90 Å². The Morgan fingerprint density at radius 3 is 2.62 bits per heavy atom. The molecule has 1 fully saturated rings. The van der Waals surface area contributed by atoms with Crippen LogP contribution in [0.25, 0.3) is 0 Å². The van der Waals surface area contributed by atoms with Crippen LogP contribution in [0.4, 0.5) is 0 Å². The predicted octanol–water partition coefficient (Wildman–Crippen LogP) is 2.53. The molecule has 5 nitrogen and oxygen atoms in total. The molecule has 2 N–H and O–H groups in total. The number of nitrogens with zero attached hydrogens (tertiary/aromatic N) is 1. The second kappa shape index (κ2) is 10.6. The van der Waals surface area contributed by atoms with Gasteiger partial charge in [0.15, 0.2) is 0 Å². The monoisotopic (exact) mass is 352 g/mol. The topological polar surface area (TPSA) is 64.8 Å². The van der Waals surface area contributed by atoms with E-state index in [9.17, 15) is 4.79 Å². The van der Waals surface area contributed by atoms with Gasteiger partial charge in [-0.05, 0) is 57.0 Å². The van der Waals surface area contributed by atoms with Gasteiger partial charge in [-0.1, -0.05) is 0 Å². The summed E-state index contributed by atoms with van der Waals surface area (Å²) in [5.74, 6) is 1.55. The van der Waals surface area contributed by atoms with Crippen LogP contribution in [0.1, 0.15) is 26.2 Å². The molecule has 1 heterocycles. The molecule has 2 rings (SSSR count). The fraction of sp³-hybridized carbons (Fsp3) is 0.611. The van der Waals surface area contributed by atoms with E-state index in [2.05, 4.69) is 0 Å². The number of carbonyl (C=O) groups excluding carboxylic acids is 1. The quantitative estimate of drug-likeness (QED) is 0.546. The zero-order chi connectivity index (χ0) is 17.2. The molecule has 0 aliphatic carbocycles. The Morgan fingerprint density at radius 2 is 2.00 bits per heavy atom. The lowest BCUT2D eigenvalue weighted by molar-refractivity contribution is -0.130. The van der Waals surface area contributed by atoms with Crippen LogP contribution in [0.15, 0.2) is 29.2 Å². The van der Waals surface area contributed by atoms with Crippen molar-refractivity contribution >= 4 is 17.7 Å². The predicted molar refractivity (Wildman–Crippen MR) is 97.6 cm³/mol. The highest BCUT2D eigenvalue weighted by molar-refractivity contribution is 8.00. The summed E-state index contributed by atoms with van der Waals surface area (Å²) in [5.41, 5.74) is 5.47. The molecule has 0 bridgehead atoms. The summed E-state index contributed by atoms with van der Waals surface area (Å²) >= 11 is 1.57. The maximum absolute atomic E-state index is 12.3. The Balaban J connectivity index is 1.68. The summed E-state index contributed by atoms with van der Waals surface area (Å²) in [5, 5.41) is 0. The van der Waals surface area contributed by atoms with Crippen molar-refractivity contribution in [3.05, 3.63) is 24.3 Å². The maximum Gasteiger partial charge on any atom is 0.232 e. The molecule has 0 radical (unpaired) electrons. The van der Waals surface area contributed by atoms with Crippen molar-refractivity contribution in [2.24, 2.45) is 5.73 Å². The van der Waals surface area contributed by atoms with E-state index in [1.807, 2.05) is 36.1 Å². The first kappa shape index (κ1) is 19.1. The molecule has 24 heavy (non-hydrogen) atoms. The van der Waals surface area contributed by atoms with E-state index in [4.69, 9.17) is 15.2 Å². The van der Waals surface area contributed by atoms with E-state index in [0.717, 1.165) is 49.6 Å². The molecular formula is C18H28N2O3S. The van der Waals surface area contributed by atoms with Gasteiger partial charge in [0, 0.05) is 24.6 Å². The van der Waals surface area contributed by atoms with E-state index in [0.29, 0.717) is 18.9 Å². The highest BCUT2D eigenvalue weighted by Gasteiger charge is 2.22. The van der Waals surface area contributed by atoms with Gasteiger partial charge >= 0.3 is 0 Å². The molecule has 1 amide bonds.